The quantitative estimate of drug-likeness (QED) is 0.778. The Morgan fingerprint density at radius 1 is 1.16 bits per heavy atom. The molecule has 0 radical (unpaired) electrons. The molecule has 3 heterocycles. The number of hydrogen-bond acceptors (Lipinski definition) is 5. The molecule has 1 spiro atoms. The minimum atomic E-state index is -0.419. The van der Waals surface area contributed by atoms with Crippen LogP contribution in [0, 0.1) is 13.8 Å². The summed E-state index contributed by atoms with van der Waals surface area (Å²) in [4.78, 5) is 14.9. The molecule has 4 rings (SSSR count). The molecule has 0 bridgehead atoms. The van der Waals surface area contributed by atoms with Crippen molar-refractivity contribution in [3.63, 3.8) is 0 Å². The molecule has 2 aliphatic rings. The molecule has 1 aromatic carbocycles. The van der Waals surface area contributed by atoms with Gasteiger partial charge in [-0.05, 0) is 43.7 Å². The third-order valence-electron chi connectivity index (χ3n) is 5.12. The van der Waals surface area contributed by atoms with Crippen molar-refractivity contribution in [3.8, 4) is 5.75 Å². The summed E-state index contributed by atoms with van der Waals surface area (Å²) in [6, 6.07) is 7.53. The highest BCUT2D eigenvalue weighted by Gasteiger charge is 2.43. The van der Waals surface area contributed by atoms with E-state index in [1.165, 1.54) is 0 Å². The Bertz CT molecular complexity index is 827. The first-order chi connectivity index (χ1) is 12.0. The molecule has 130 valence electrons. The number of anilines is 1. The van der Waals surface area contributed by atoms with Gasteiger partial charge in [0.25, 0.3) is 0 Å². The van der Waals surface area contributed by atoms with Gasteiger partial charge in [-0.2, -0.15) is 5.10 Å². The minimum Gasteiger partial charge on any atom is -0.486 e. The standard InChI is InChI=1S/C19H20ClN3O2/c1-12-9-14(20)10-15-16(24)11-19(25-18(12)15)5-7-23(8-6-19)17-4-3-13(2)21-22-17/h3-4,9-10H,5-8,11H2,1-2H3. The number of rotatable bonds is 1. The first-order valence-corrected chi connectivity index (χ1v) is 8.91. The van der Waals surface area contributed by atoms with Gasteiger partial charge in [-0.15, -0.1) is 5.10 Å². The molecule has 0 atom stereocenters. The molecule has 1 saturated heterocycles. The van der Waals surface area contributed by atoms with Crippen LogP contribution in [0.25, 0.3) is 0 Å². The van der Waals surface area contributed by atoms with Crippen LogP contribution in [-0.2, 0) is 0 Å². The lowest BCUT2D eigenvalue weighted by Crippen LogP contribution is -2.51. The van der Waals surface area contributed by atoms with Crippen LogP contribution in [-0.4, -0.2) is 34.7 Å². The summed E-state index contributed by atoms with van der Waals surface area (Å²) in [5.41, 5.74) is 2.02. The molecule has 6 heteroatoms. The van der Waals surface area contributed by atoms with Gasteiger partial charge in [-0.3, -0.25) is 4.79 Å². The first-order valence-electron chi connectivity index (χ1n) is 8.53. The topological polar surface area (TPSA) is 55.3 Å². The Balaban J connectivity index is 1.55. The van der Waals surface area contributed by atoms with Crippen molar-refractivity contribution in [3.05, 3.63) is 46.1 Å². The third-order valence-corrected chi connectivity index (χ3v) is 5.34. The molecule has 0 aliphatic carbocycles. The fourth-order valence-corrected chi connectivity index (χ4v) is 3.97. The Morgan fingerprint density at radius 2 is 1.92 bits per heavy atom. The molecule has 5 nitrogen and oxygen atoms in total. The number of carbonyl (C=O) groups excluding carboxylic acids is 1. The van der Waals surface area contributed by atoms with Gasteiger partial charge in [-0.1, -0.05) is 11.6 Å². The number of ketones is 1. The highest BCUT2D eigenvalue weighted by molar-refractivity contribution is 6.31. The summed E-state index contributed by atoms with van der Waals surface area (Å²) in [5, 5.41) is 8.97. The van der Waals surface area contributed by atoms with Crippen molar-refractivity contribution in [1.29, 1.82) is 0 Å². The van der Waals surface area contributed by atoms with Crippen LogP contribution < -0.4 is 9.64 Å². The largest absolute Gasteiger partial charge is 0.486 e. The summed E-state index contributed by atoms with van der Waals surface area (Å²) in [7, 11) is 0. The van der Waals surface area contributed by atoms with Crippen molar-refractivity contribution in [2.45, 2.75) is 38.7 Å². The van der Waals surface area contributed by atoms with E-state index >= 15 is 0 Å². The van der Waals surface area contributed by atoms with Crippen molar-refractivity contribution < 1.29 is 9.53 Å². The smallest absolute Gasteiger partial charge is 0.170 e. The number of hydrogen-bond donors (Lipinski definition) is 0. The second-order valence-corrected chi connectivity index (χ2v) is 7.44. The molecule has 2 aliphatic heterocycles. The van der Waals surface area contributed by atoms with Crippen LogP contribution in [0.1, 0.15) is 40.9 Å². The Labute approximate surface area is 152 Å². The van der Waals surface area contributed by atoms with Crippen LogP contribution in [0.2, 0.25) is 5.02 Å². The molecule has 2 aromatic rings. The van der Waals surface area contributed by atoms with Crippen molar-refractivity contribution >= 4 is 23.2 Å². The summed E-state index contributed by atoms with van der Waals surface area (Å²) < 4.78 is 6.38. The minimum absolute atomic E-state index is 0.121. The van der Waals surface area contributed by atoms with Gasteiger partial charge in [0.2, 0.25) is 0 Å². The molecule has 1 fully saturated rings. The monoisotopic (exact) mass is 357 g/mol. The number of piperidine rings is 1. The van der Waals surface area contributed by atoms with Gasteiger partial charge in [0.05, 0.1) is 17.7 Å². The molecule has 1 aromatic heterocycles. The Hall–Kier alpha value is -2.14. The number of carbonyl (C=O) groups is 1. The Morgan fingerprint density at radius 3 is 2.60 bits per heavy atom. The molecular weight excluding hydrogens is 338 g/mol. The molecule has 0 unspecified atom stereocenters. The molecule has 0 N–H and O–H groups in total. The first kappa shape index (κ1) is 16.3. The van der Waals surface area contributed by atoms with Gasteiger partial charge in [0, 0.05) is 31.0 Å². The summed E-state index contributed by atoms with van der Waals surface area (Å²) in [6.07, 6.45) is 1.98. The van der Waals surface area contributed by atoms with E-state index in [2.05, 4.69) is 15.1 Å². The van der Waals surface area contributed by atoms with Crippen molar-refractivity contribution in [1.82, 2.24) is 10.2 Å². The average molecular weight is 358 g/mol. The van der Waals surface area contributed by atoms with E-state index in [0.717, 1.165) is 43.0 Å². The van der Waals surface area contributed by atoms with E-state index in [-0.39, 0.29) is 5.78 Å². The Kier molecular flexibility index (Phi) is 3.91. The highest BCUT2D eigenvalue weighted by atomic mass is 35.5. The summed E-state index contributed by atoms with van der Waals surface area (Å²) in [6.45, 7) is 5.46. The van der Waals surface area contributed by atoms with Crippen LogP contribution in [0.3, 0.4) is 0 Å². The van der Waals surface area contributed by atoms with Crippen LogP contribution in [0.15, 0.2) is 24.3 Å². The average Bonchev–Trinajstić information content (AvgIpc) is 2.58. The number of ether oxygens (including phenoxy) is 1. The maximum atomic E-state index is 12.7. The number of nitrogens with zero attached hydrogens (tertiary/aromatic N) is 3. The second kappa shape index (κ2) is 5.99. The predicted octanol–water partition coefficient (Wildman–Crippen LogP) is 3.75. The number of halogens is 1. The zero-order chi connectivity index (χ0) is 17.6. The van der Waals surface area contributed by atoms with Crippen LogP contribution in [0.5, 0.6) is 5.75 Å². The molecular formula is C19H20ClN3O2. The van der Waals surface area contributed by atoms with Gasteiger partial charge in [0.1, 0.15) is 11.4 Å². The zero-order valence-electron chi connectivity index (χ0n) is 14.4. The number of Topliss-reactive ketones (excluding diaryl/α,β-unsaturated/α-hetero) is 1. The number of benzene rings is 1. The lowest BCUT2D eigenvalue weighted by molar-refractivity contribution is 0.0225. The SMILES string of the molecule is Cc1ccc(N2CCC3(CC2)CC(=O)c2cc(Cl)cc(C)c2O3)nn1. The van der Waals surface area contributed by atoms with Crippen molar-refractivity contribution in [2.24, 2.45) is 0 Å². The van der Waals surface area contributed by atoms with Crippen molar-refractivity contribution in [2.75, 3.05) is 18.0 Å². The number of aromatic nitrogens is 2. The van der Waals surface area contributed by atoms with E-state index in [9.17, 15) is 4.79 Å². The zero-order valence-corrected chi connectivity index (χ0v) is 15.1. The second-order valence-electron chi connectivity index (χ2n) is 7.00. The van der Waals surface area contributed by atoms with Crippen LogP contribution in [0.4, 0.5) is 5.82 Å². The van der Waals surface area contributed by atoms with Gasteiger partial charge in [0.15, 0.2) is 11.6 Å². The molecule has 25 heavy (non-hydrogen) atoms. The van der Waals surface area contributed by atoms with E-state index in [4.69, 9.17) is 16.3 Å². The third kappa shape index (κ3) is 2.97. The summed E-state index contributed by atoms with van der Waals surface area (Å²) >= 11 is 6.10. The number of fused-ring (bicyclic) bond motifs is 1. The van der Waals surface area contributed by atoms with E-state index in [1.807, 2.05) is 32.0 Å². The fraction of sp³-hybridized carbons (Fsp3) is 0.421. The molecule has 0 amide bonds. The van der Waals surface area contributed by atoms with Crippen LogP contribution >= 0.6 is 11.6 Å². The fourth-order valence-electron chi connectivity index (χ4n) is 3.70. The van der Waals surface area contributed by atoms with Gasteiger partial charge < -0.3 is 9.64 Å². The lowest BCUT2D eigenvalue weighted by atomic mass is 9.82. The summed E-state index contributed by atoms with van der Waals surface area (Å²) in [5.74, 6) is 1.70. The predicted molar refractivity (Wildman–Crippen MR) is 96.7 cm³/mol. The highest BCUT2D eigenvalue weighted by Crippen LogP contribution is 2.42. The van der Waals surface area contributed by atoms with Gasteiger partial charge in [-0.25, -0.2) is 0 Å². The number of aryl methyl sites for hydroxylation is 2. The van der Waals surface area contributed by atoms with E-state index < -0.39 is 5.60 Å². The lowest BCUT2D eigenvalue weighted by Gasteiger charge is -2.44. The van der Waals surface area contributed by atoms with E-state index in [1.54, 1.807) is 6.07 Å². The maximum Gasteiger partial charge on any atom is 0.170 e. The maximum absolute atomic E-state index is 12.7. The molecule has 0 saturated carbocycles. The van der Waals surface area contributed by atoms with E-state index in [0.29, 0.717) is 22.8 Å². The normalized spacial score (nSPS) is 18.8. The van der Waals surface area contributed by atoms with Gasteiger partial charge >= 0.3 is 0 Å².